The fourth-order valence-electron chi connectivity index (χ4n) is 3.63. The van der Waals surface area contributed by atoms with E-state index < -0.39 is 0 Å². The Morgan fingerprint density at radius 3 is 2.25 bits per heavy atom. The molecule has 0 spiro atoms. The topological polar surface area (TPSA) is 70.1 Å². The van der Waals surface area contributed by atoms with Gasteiger partial charge in [-0.25, -0.2) is 0 Å². The Labute approximate surface area is 191 Å². The smallest absolute Gasteiger partial charge is 0.257 e. The number of amides is 2. The maximum atomic E-state index is 13.0. The van der Waals surface area contributed by atoms with Crippen molar-refractivity contribution in [2.75, 3.05) is 26.2 Å². The number of phenolic OH excluding ortho intramolecular Hbond substituents is 1. The van der Waals surface area contributed by atoms with Gasteiger partial charge in [0.15, 0.2) is 0 Å². The van der Waals surface area contributed by atoms with Crippen LogP contribution in [0, 0.1) is 0 Å². The van der Waals surface area contributed by atoms with Gasteiger partial charge in [-0.1, -0.05) is 41.9 Å². The van der Waals surface area contributed by atoms with Crippen LogP contribution in [0.3, 0.4) is 0 Å². The van der Waals surface area contributed by atoms with Crippen LogP contribution < -0.4 is 4.74 Å². The fourth-order valence-corrected chi connectivity index (χ4v) is 3.85. The summed E-state index contributed by atoms with van der Waals surface area (Å²) in [5.41, 5.74) is 1.75. The van der Waals surface area contributed by atoms with Gasteiger partial charge in [-0.2, -0.15) is 0 Å². The Balaban J connectivity index is 1.35. The number of halogens is 1. The van der Waals surface area contributed by atoms with Crippen molar-refractivity contribution in [2.45, 2.75) is 6.61 Å². The third kappa shape index (κ3) is 5.03. The van der Waals surface area contributed by atoms with E-state index in [-0.39, 0.29) is 23.1 Å². The highest BCUT2D eigenvalue weighted by Gasteiger charge is 2.26. The van der Waals surface area contributed by atoms with Crippen molar-refractivity contribution in [1.82, 2.24) is 9.80 Å². The summed E-state index contributed by atoms with van der Waals surface area (Å²) in [5, 5.41) is 10.6. The number of hydrogen-bond donors (Lipinski definition) is 1. The molecule has 3 aromatic carbocycles. The first-order valence-electron chi connectivity index (χ1n) is 10.3. The average Bonchev–Trinajstić information content (AvgIpc) is 2.82. The van der Waals surface area contributed by atoms with Crippen molar-refractivity contribution in [3.8, 4) is 11.5 Å². The number of hydrogen-bond acceptors (Lipinski definition) is 4. The summed E-state index contributed by atoms with van der Waals surface area (Å²) in [6.45, 7) is 2.01. The van der Waals surface area contributed by atoms with E-state index in [1.807, 2.05) is 24.3 Å². The van der Waals surface area contributed by atoms with E-state index >= 15 is 0 Å². The molecule has 7 heteroatoms. The van der Waals surface area contributed by atoms with Crippen molar-refractivity contribution < 1.29 is 19.4 Å². The summed E-state index contributed by atoms with van der Waals surface area (Å²) in [4.78, 5) is 29.0. The first kappa shape index (κ1) is 21.7. The van der Waals surface area contributed by atoms with Gasteiger partial charge in [-0.3, -0.25) is 9.59 Å². The molecule has 6 nitrogen and oxygen atoms in total. The molecule has 0 saturated carbocycles. The highest BCUT2D eigenvalue weighted by molar-refractivity contribution is 6.30. The molecule has 0 bridgehead atoms. The summed E-state index contributed by atoms with van der Waals surface area (Å²) >= 11 is 6.01. The molecule has 0 aliphatic carbocycles. The standard InChI is InChI=1S/C25H23ClN2O4/c26-20-7-3-5-18(15-20)17-32-21-8-4-6-19(16-21)24(30)27-11-13-28(14-12-27)25(31)22-9-1-2-10-23(22)29/h1-10,15-16,29H,11-14,17H2. The normalized spacial score (nSPS) is 13.7. The van der Waals surface area contributed by atoms with Crippen molar-refractivity contribution >= 4 is 23.4 Å². The molecule has 4 rings (SSSR count). The summed E-state index contributed by atoms with van der Waals surface area (Å²) in [6.07, 6.45) is 0. The fraction of sp³-hybridized carbons (Fsp3) is 0.200. The highest BCUT2D eigenvalue weighted by atomic mass is 35.5. The third-order valence-corrected chi connectivity index (χ3v) is 5.60. The Morgan fingerprint density at radius 2 is 1.53 bits per heavy atom. The van der Waals surface area contributed by atoms with E-state index in [4.69, 9.17) is 16.3 Å². The average molecular weight is 451 g/mol. The Hall–Kier alpha value is -3.51. The quantitative estimate of drug-likeness (QED) is 0.631. The molecule has 0 aromatic heterocycles. The van der Waals surface area contributed by atoms with Gasteiger partial charge in [0.2, 0.25) is 0 Å². The summed E-state index contributed by atoms with van der Waals surface area (Å²) in [7, 11) is 0. The van der Waals surface area contributed by atoms with Gasteiger partial charge in [-0.15, -0.1) is 0 Å². The summed E-state index contributed by atoms with van der Waals surface area (Å²) in [6, 6.07) is 21.0. The van der Waals surface area contributed by atoms with Gasteiger partial charge >= 0.3 is 0 Å². The molecule has 32 heavy (non-hydrogen) atoms. The second-order valence-electron chi connectivity index (χ2n) is 7.55. The molecule has 1 N–H and O–H groups in total. The van der Waals surface area contributed by atoms with Crippen LogP contribution in [0.5, 0.6) is 11.5 Å². The van der Waals surface area contributed by atoms with Crippen LogP contribution in [0.1, 0.15) is 26.3 Å². The van der Waals surface area contributed by atoms with Crippen LogP contribution in [-0.4, -0.2) is 52.9 Å². The lowest BCUT2D eigenvalue weighted by Gasteiger charge is -2.35. The van der Waals surface area contributed by atoms with Gasteiger partial charge in [0.1, 0.15) is 18.1 Å². The minimum Gasteiger partial charge on any atom is -0.507 e. The van der Waals surface area contributed by atoms with Crippen molar-refractivity contribution in [3.63, 3.8) is 0 Å². The van der Waals surface area contributed by atoms with Crippen LogP contribution in [0.15, 0.2) is 72.8 Å². The molecule has 0 atom stereocenters. The second kappa shape index (κ2) is 9.75. The lowest BCUT2D eigenvalue weighted by Crippen LogP contribution is -2.50. The van der Waals surface area contributed by atoms with Gasteiger partial charge in [0.05, 0.1) is 5.56 Å². The van der Waals surface area contributed by atoms with Gasteiger partial charge in [0, 0.05) is 36.8 Å². The third-order valence-electron chi connectivity index (χ3n) is 5.36. The Kier molecular flexibility index (Phi) is 6.61. The highest BCUT2D eigenvalue weighted by Crippen LogP contribution is 2.21. The van der Waals surface area contributed by atoms with Crippen LogP contribution >= 0.6 is 11.6 Å². The largest absolute Gasteiger partial charge is 0.507 e. The zero-order valence-electron chi connectivity index (χ0n) is 17.4. The van der Waals surface area contributed by atoms with E-state index in [0.717, 1.165) is 5.56 Å². The summed E-state index contributed by atoms with van der Waals surface area (Å²) in [5.74, 6) is 0.231. The number of ether oxygens (including phenoxy) is 1. The molecule has 2 amide bonds. The molecular weight excluding hydrogens is 428 g/mol. The number of carbonyl (C=O) groups excluding carboxylic acids is 2. The monoisotopic (exact) mass is 450 g/mol. The molecule has 0 unspecified atom stereocenters. The van der Waals surface area contributed by atoms with Crippen molar-refractivity contribution in [2.24, 2.45) is 0 Å². The SMILES string of the molecule is O=C(c1cccc(OCc2cccc(Cl)c2)c1)N1CCN(C(=O)c2ccccc2O)CC1. The van der Waals surface area contributed by atoms with E-state index in [9.17, 15) is 14.7 Å². The van der Waals surface area contributed by atoms with Crippen LogP contribution in [0.25, 0.3) is 0 Å². The number of nitrogens with zero attached hydrogens (tertiary/aromatic N) is 2. The predicted molar refractivity (Wildman–Crippen MR) is 122 cm³/mol. The number of aromatic hydroxyl groups is 1. The van der Waals surface area contributed by atoms with Crippen LogP contribution in [-0.2, 0) is 6.61 Å². The zero-order valence-corrected chi connectivity index (χ0v) is 18.2. The Morgan fingerprint density at radius 1 is 0.844 bits per heavy atom. The molecule has 3 aromatic rings. The van der Waals surface area contributed by atoms with E-state index in [2.05, 4.69) is 0 Å². The molecule has 1 fully saturated rings. The van der Waals surface area contributed by atoms with E-state index in [1.54, 1.807) is 52.3 Å². The molecule has 0 radical (unpaired) electrons. The first-order valence-corrected chi connectivity index (χ1v) is 10.7. The number of piperazine rings is 1. The van der Waals surface area contributed by atoms with Crippen molar-refractivity contribution in [3.05, 3.63) is 94.5 Å². The zero-order chi connectivity index (χ0) is 22.5. The molecular formula is C25H23ClN2O4. The van der Waals surface area contributed by atoms with Gasteiger partial charge in [0.25, 0.3) is 11.8 Å². The predicted octanol–water partition coefficient (Wildman–Crippen LogP) is 4.22. The number of phenols is 1. The number of rotatable bonds is 5. The molecule has 1 heterocycles. The van der Waals surface area contributed by atoms with Gasteiger partial charge in [-0.05, 0) is 48.0 Å². The first-order chi connectivity index (χ1) is 15.5. The summed E-state index contributed by atoms with van der Waals surface area (Å²) < 4.78 is 5.83. The lowest BCUT2D eigenvalue weighted by molar-refractivity contribution is 0.0533. The second-order valence-corrected chi connectivity index (χ2v) is 7.98. The maximum Gasteiger partial charge on any atom is 0.257 e. The number of para-hydroxylation sites is 1. The molecule has 1 saturated heterocycles. The molecule has 1 aliphatic rings. The van der Waals surface area contributed by atoms with E-state index in [0.29, 0.717) is 49.1 Å². The van der Waals surface area contributed by atoms with Crippen molar-refractivity contribution in [1.29, 1.82) is 0 Å². The molecule has 164 valence electrons. The number of carbonyl (C=O) groups is 2. The van der Waals surface area contributed by atoms with Crippen LogP contribution in [0.4, 0.5) is 0 Å². The Bertz CT molecular complexity index is 1130. The maximum absolute atomic E-state index is 13.0. The number of benzene rings is 3. The minimum absolute atomic E-state index is 0.0365. The molecule has 1 aliphatic heterocycles. The van der Waals surface area contributed by atoms with Crippen LogP contribution in [0.2, 0.25) is 5.02 Å². The van der Waals surface area contributed by atoms with E-state index in [1.165, 1.54) is 6.07 Å². The van der Waals surface area contributed by atoms with Gasteiger partial charge < -0.3 is 19.6 Å². The lowest BCUT2D eigenvalue weighted by atomic mass is 10.1. The minimum atomic E-state index is -0.230.